The third kappa shape index (κ3) is 4.35. The van der Waals surface area contributed by atoms with E-state index in [1.54, 1.807) is 17.4 Å². The molecule has 0 amide bonds. The summed E-state index contributed by atoms with van der Waals surface area (Å²) < 4.78 is 18.8. The molecule has 0 saturated carbocycles. The SMILES string of the molecule is CCC(C)Cc1c(C)sc2nc(SCc3ccc(OC)c(F)c3)[nH]c(=O)c12. The molecule has 0 saturated heterocycles. The standard InChI is InChI=1S/C20H23FN2O2S2/c1-5-11(2)8-14-12(3)27-19-17(14)18(24)22-20(23-19)26-10-13-6-7-16(25-4)15(21)9-13/h6-7,9,11H,5,8,10H2,1-4H3,(H,22,23,24). The van der Waals surface area contributed by atoms with E-state index in [1.807, 2.05) is 6.07 Å². The first kappa shape index (κ1) is 19.9. The molecule has 1 unspecified atom stereocenters. The van der Waals surface area contributed by atoms with Crippen molar-refractivity contribution >= 4 is 33.3 Å². The molecule has 3 aromatic rings. The molecule has 0 aliphatic heterocycles. The molecule has 2 heterocycles. The zero-order chi connectivity index (χ0) is 19.6. The van der Waals surface area contributed by atoms with Crippen molar-refractivity contribution in [3.8, 4) is 5.75 Å². The van der Waals surface area contributed by atoms with Crippen molar-refractivity contribution in [3.63, 3.8) is 0 Å². The molecule has 4 nitrogen and oxygen atoms in total. The Balaban J connectivity index is 1.84. The molecule has 0 aliphatic carbocycles. The minimum atomic E-state index is -0.393. The molecule has 3 rings (SSSR count). The Labute approximate surface area is 166 Å². The molecular formula is C20H23FN2O2S2. The number of methoxy groups -OCH3 is 1. The van der Waals surface area contributed by atoms with E-state index >= 15 is 0 Å². The molecule has 0 spiro atoms. The predicted molar refractivity (Wildman–Crippen MR) is 111 cm³/mol. The van der Waals surface area contributed by atoms with Crippen molar-refractivity contribution in [2.75, 3.05) is 7.11 Å². The van der Waals surface area contributed by atoms with Crippen molar-refractivity contribution in [1.29, 1.82) is 0 Å². The first-order valence-electron chi connectivity index (χ1n) is 8.90. The van der Waals surface area contributed by atoms with Crippen LogP contribution in [0.25, 0.3) is 10.2 Å². The van der Waals surface area contributed by atoms with Gasteiger partial charge in [0.1, 0.15) is 4.83 Å². The third-order valence-corrected chi connectivity index (χ3v) is 6.67. The number of benzene rings is 1. The summed E-state index contributed by atoms with van der Waals surface area (Å²) in [6.45, 7) is 6.41. The van der Waals surface area contributed by atoms with E-state index < -0.39 is 5.82 Å². The van der Waals surface area contributed by atoms with Gasteiger partial charge < -0.3 is 9.72 Å². The van der Waals surface area contributed by atoms with Crippen molar-refractivity contribution in [2.45, 2.75) is 44.5 Å². The minimum absolute atomic E-state index is 0.0916. The van der Waals surface area contributed by atoms with Crippen LogP contribution in [0.1, 0.15) is 36.3 Å². The van der Waals surface area contributed by atoms with Crippen LogP contribution < -0.4 is 10.3 Å². The Morgan fingerprint density at radius 3 is 2.85 bits per heavy atom. The van der Waals surface area contributed by atoms with E-state index in [4.69, 9.17) is 4.74 Å². The normalized spacial score (nSPS) is 12.5. The highest BCUT2D eigenvalue weighted by Gasteiger charge is 2.17. The Morgan fingerprint density at radius 2 is 2.19 bits per heavy atom. The van der Waals surface area contributed by atoms with E-state index in [1.165, 1.54) is 24.9 Å². The Bertz CT molecular complexity index is 1010. The highest BCUT2D eigenvalue weighted by molar-refractivity contribution is 7.98. The summed E-state index contributed by atoms with van der Waals surface area (Å²) in [6.07, 6.45) is 1.97. The van der Waals surface area contributed by atoms with Gasteiger partial charge in [-0.05, 0) is 42.5 Å². The van der Waals surface area contributed by atoms with Crippen LogP contribution in [0.5, 0.6) is 5.75 Å². The number of hydrogen-bond donors (Lipinski definition) is 1. The van der Waals surface area contributed by atoms with Gasteiger partial charge in [-0.15, -0.1) is 11.3 Å². The maximum absolute atomic E-state index is 13.8. The molecule has 27 heavy (non-hydrogen) atoms. The van der Waals surface area contributed by atoms with Crippen LogP contribution in [0.2, 0.25) is 0 Å². The van der Waals surface area contributed by atoms with E-state index in [2.05, 4.69) is 30.7 Å². The van der Waals surface area contributed by atoms with E-state index in [0.29, 0.717) is 16.8 Å². The lowest BCUT2D eigenvalue weighted by molar-refractivity contribution is 0.386. The molecule has 1 N–H and O–H groups in total. The lowest BCUT2D eigenvalue weighted by Crippen LogP contribution is -2.11. The molecule has 7 heteroatoms. The van der Waals surface area contributed by atoms with Crippen molar-refractivity contribution in [3.05, 3.63) is 50.4 Å². The summed E-state index contributed by atoms with van der Waals surface area (Å²) in [5.74, 6) is 0.870. The van der Waals surface area contributed by atoms with Crippen molar-refractivity contribution in [1.82, 2.24) is 9.97 Å². The number of rotatable bonds is 7. The summed E-state index contributed by atoms with van der Waals surface area (Å²) in [6, 6.07) is 4.86. The number of aromatic nitrogens is 2. The number of fused-ring (bicyclic) bond motifs is 1. The number of thiophene rings is 1. The maximum atomic E-state index is 13.8. The molecule has 0 radical (unpaired) electrons. The van der Waals surface area contributed by atoms with Gasteiger partial charge in [0.2, 0.25) is 0 Å². The smallest absolute Gasteiger partial charge is 0.260 e. The maximum Gasteiger partial charge on any atom is 0.260 e. The van der Waals surface area contributed by atoms with Gasteiger partial charge in [-0.1, -0.05) is 38.1 Å². The number of aryl methyl sites for hydroxylation is 1. The first-order valence-corrected chi connectivity index (χ1v) is 10.7. The van der Waals surface area contributed by atoms with Gasteiger partial charge in [0.25, 0.3) is 5.56 Å². The second kappa shape index (κ2) is 8.44. The molecular weight excluding hydrogens is 383 g/mol. The second-order valence-electron chi connectivity index (χ2n) is 6.66. The van der Waals surface area contributed by atoms with Gasteiger partial charge in [0.15, 0.2) is 16.7 Å². The number of H-pyrrole nitrogens is 1. The third-order valence-electron chi connectivity index (χ3n) is 4.68. The van der Waals surface area contributed by atoms with Crippen LogP contribution in [0.3, 0.4) is 0 Å². The number of aromatic amines is 1. The van der Waals surface area contributed by atoms with Crippen LogP contribution in [0.15, 0.2) is 28.2 Å². The average Bonchev–Trinajstić information content (AvgIpc) is 2.95. The molecule has 144 valence electrons. The Hall–Kier alpha value is -1.86. The highest BCUT2D eigenvalue weighted by Crippen LogP contribution is 2.31. The zero-order valence-electron chi connectivity index (χ0n) is 15.9. The van der Waals surface area contributed by atoms with E-state index in [-0.39, 0.29) is 11.3 Å². The van der Waals surface area contributed by atoms with Crippen molar-refractivity contribution < 1.29 is 9.13 Å². The van der Waals surface area contributed by atoms with Gasteiger partial charge >= 0.3 is 0 Å². The summed E-state index contributed by atoms with van der Waals surface area (Å²) in [5.41, 5.74) is 1.83. The summed E-state index contributed by atoms with van der Waals surface area (Å²) in [5, 5.41) is 1.28. The summed E-state index contributed by atoms with van der Waals surface area (Å²) in [4.78, 5) is 22.1. The fourth-order valence-corrected chi connectivity index (χ4v) is 4.83. The number of ether oxygens (including phenoxy) is 1. The fraction of sp³-hybridized carbons (Fsp3) is 0.400. The van der Waals surface area contributed by atoms with Gasteiger partial charge in [-0.25, -0.2) is 9.37 Å². The fourth-order valence-electron chi connectivity index (χ4n) is 2.91. The summed E-state index contributed by atoms with van der Waals surface area (Å²) >= 11 is 2.96. The number of nitrogens with one attached hydrogen (secondary N) is 1. The highest BCUT2D eigenvalue weighted by atomic mass is 32.2. The topological polar surface area (TPSA) is 55.0 Å². The van der Waals surface area contributed by atoms with Gasteiger partial charge in [-0.3, -0.25) is 4.79 Å². The van der Waals surface area contributed by atoms with Gasteiger partial charge in [0, 0.05) is 10.6 Å². The number of thioether (sulfide) groups is 1. The lowest BCUT2D eigenvalue weighted by atomic mass is 9.98. The Kier molecular flexibility index (Phi) is 6.22. The van der Waals surface area contributed by atoms with E-state index in [9.17, 15) is 9.18 Å². The van der Waals surface area contributed by atoms with Crippen LogP contribution >= 0.6 is 23.1 Å². The minimum Gasteiger partial charge on any atom is -0.494 e. The predicted octanol–water partition coefficient (Wildman–Crippen LogP) is 5.32. The molecule has 0 fully saturated rings. The van der Waals surface area contributed by atoms with Gasteiger partial charge in [0.05, 0.1) is 12.5 Å². The number of halogens is 1. The van der Waals surface area contributed by atoms with E-state index in [0.717, 1.165) is 39.1 Å². The Morgan fingerprint density at radius 1 is 1.41 bits per heavy atom. The summed E-state index contributed by atoms with van der Waals surface area (Å²) in [7, 11) is 1.44. The monoisotopic (exact) mass is 406 g/mol. The molecule has 1 atom stereocenters. The molecule has 2 aromatic heterocycles. The van der Waals surface area contributed by atoms with Gasteiger partial charge in [-0.2, -0.15) is 0 Å². The van der Waals surface area contributed by atoms with Crippen LogP contribution in [-0.2, 0) is 12.2 Å². The largest absolute Gasteiger partial charge is 0.494 e. The molecule has 1 aromatic carbocycles. The lowest BCUT2D eigenvalue weighted by Gasteiger charge is -2.08. The number of hydrogen-bond acceptors (Lipinski definition) is 5. The molecule has 0 bridgehead atoms. The first-order chi connectivity index (χ1) is 12.9. The zero-order valence-corrected chi connectivity index (χ0v) is 17.5. The quantitative estimate of drug-likeness (QED) is 0.426. The van der Waals surface area contributed by atoms with Crippen LogP contribution in [0, 0.1) is 18.7 Å². The van der Waals surface area contributed by atoms with Crippen LogP contribution in [-0.4, -0.2) is 17.1 Å². The average molecular weight is 407 g/mol. The second-order valence-corrected chi connectivity index (χ2v) is 8.83. The van der Waals surface area contributed by atoms with Crippen molar-refractivity contribution in [2.24, 2.45) is 5.92 Å². The number of nitrogens with zero attached hydrogens (tertiary/aromatic N) is 1. The van der Waals surface area contributed by atoms with Crippen LogP contribution in [0.4, 0.5) is 4.39 Å². The molecule has 0 aliphatic rings.